The van der Waals surface area contributed by atoms with Gasteiger partial charge in [-0.05, 0) is 38.5 Å². The predicted molar refractivity (Wildman–Crippen MR) is 74.0 cm³/mol. The number of amides is 1. The molecule has 0 aliphatic heterocycles. The van der Waals surface area contributed by atoms with Crippen molar-refractivity contribution >= 4 is 11.7 Å². The number of carbonyl (C=O) groups excluding carboxylic acids is 2. The highest BCUT2D eigenvalue weighted by Crippen LogP contribution is 2.15. The van der Waals surface area contributed by atoms with Crippen LogP contribution in [0.15, 0.2) is 24.3 Å². The van der Waals surface area contributed by atoms with Gasteiger partial charge in [0.05, 0.1) is 12.5 Å². The second kappa shape index (κ2) is 6.92. The van der Waals surface area contributed by atoms with Gasteiger partial charge in [-0.3, -0.25) is 9.59 Å². The molecule has 0 bridgehead atoms. The van der Waals surface area contributed by atoms with Crippen molar-refractivity contribution in [2.24, 2.45) is 0 Å². The zero-order valence-corrected chi connectivity index (χ0v) is 12.0. The molecule has 0 atom stereocenters. The van der Waals surface area contributed by atoms with E-state index in [1.54, 1.807) is 11.9 Å². The van der Waals surface area contributed by atoms with Crippen LogP contribution in [0.2, 0.25) is 0 Å². The average Bonchev–Trinajstić information content (AvgIpc) is 2.30. The minimum Gasteiger partial charge on any atom is -0.491 e. The van der Waals surface area contributed by atoms with Crippen molar-refractivity contribution < 1.29 is 14.3 Å². The van der Waals surface area contributed by atoms with Crippen LogP contribution < -0.4 is 4.74 Å². The standard InChI is InChI=1S/C15H21NO3/c1-11(2)19-14-7-5-13(6-8-14)10-16(4)15(18)9-12(3)17/h5-8,11H,9-10H2,1-4H3. The normalized spacial score (nSPS) is 10.4. The van der Waals surface area contributed by atoms with Crippen LogP contribution >= 0.6 is 0 Å². The Bertz CT molecular complexity index is 437. The van der Waals surface area contributed by atoms with Gasteiger partial charge in [0.25, 0.3) is 0 Å². The molecule has 1 aromatic rings. The van der Waals surface area contributed by atoms with Crippen LogP contribution in [-0.2, 0) is 16.1 Å². The van der Waals surface area contributed by atoms with Crippen molar-refractivity contribution in [1.29, 1.82) is 0 Å². The molecule has 0 N–H and O–H groups in total. The Morgan fingerprint density at radius 3 is 2.26 bits per heavy atom. The Labute approximate surface area is 114 Å². The second-order valence-electron chi connectivity index (χ2n) is 4.94. The molecule has 0 saturated carbocycles. The molecule has 0 aliphatic rings. The number of hydrogen-bond acceptors (Lipinski definition) is 3. The molecule has 4 heteroatoms. The summed E-state index contributed by atoms with van der Waals surface area (Å²) in [5.41, 5.74) is 1.01. The van der Waals surface area contributed by atoms with Crippen LogP contribution in [0.25, 0.3) is 0 Å². The van der Waals surface area contributed by atoms with E-state index < -0.39 is 0 Å². The first-order valence-corrected chi connectivity index (χ1v) is 6.37. The van der Waals surface area contributed by atoms with Crippen LogP contribution in [-0.4, -0.2) is 29.7 Å². The summed E-state index contributed by atoms with van der Waals surface area (Å²) in [5, 5.41) is 0. The average molecular weight is 263 g/mol. The molecule has 0 aromatic heterocycles. The van der Waals surface area contributed by atoms with Crippen LogP contribution in [0.5, 0.6) is 5.75 Å². The van der Waals surface area contributed by atoms with E-state index in [1.807, 2.05) is 38.1 Å². The first kappa shape index (κ1) is 15.2. The SMILES string of the molecule is CC(=O)CC(=O)N(C)Cc1ccc(OC(C)C)cc1. The van der Waals surface area contributed by atoms with Crippen LogP contribution in [0.4, 0.5) is 0 Å². The highest BCUT2D eigenvalue weighted by atomic mass is 16.5. The van der Waals surface area contributed by atoms with Crippen LogP contribution in [0.1, 0.15) is 32.8 Å². The summed E-state index contributed by atoms with van der Waals surface area (Å²) in [6.45, 7) is 5.86. The lowest BCUT2D eigenvalue weighted by atomic mass is 10.2. The first-order chi connectivity index (χ1) is 8.88. The number of nitrogens with zero attached hydrogens (tertiary/aromatic N) is 1. The number of rotatable bonds is 6. The zero-order chi connectivity index (χ0) is 14.4. The molecule has 1 amide bonds. The van der Waals surface area contributed by atoms with Crippen molar-refractivity contribution in [3.05, 3.63) is 29.8 Å². The fraction of sp³-hybridized carbons (Fsp3) is 0.467. The molecular formula is C15H21NO3. The number of benzene rings is 1. The molecule has 0 radical (unpaired) electrons. The van der Waals surface area contributed by atoms with Gasteiger partial charge in [0, 0.05) is 13.6 Å². The van der Waals surface area contributed by atoms with Gasteiger partial charge in [-0.1, -0.05) is 12.1 Å². The van der Waals surface area contributed by atoms with Crippen molar-refractivity contribution in [3.63, 3.8) is 0 Å². The molecule has 0 aliphatic carbocycles. The number of ether oxygens (including phenoxy) is 1. The maximum absolute atomic E-state index is 11.7. The molecular weight excluding hydrogens is 242 g/mol. The summed E-state index contributed by atoms with van der Waals surface area (Å²) >= 11 is 0. The third-order valence-corrected chi connectivity index (χ3v) is 2.54. The van der Waals surface area contributed by atoms with Crippen molar-refractivity contribution in [1.82, 2.24) is 4.90 Å². The number of hydrogen-bond donors (Lipinski definition) is 0. The molecule has 0 unspecified atom stereocenters. The number of ketones is 1. The second-order valence-corrected chi connectivity index (χ2v) is 4.94. The van der Waals surface area contributed by atoms with Gasteiger partial charge in [-0.25, -0.2) is 0 Å². The summed E-state index contributed by atoms with van der Waals surface area (Å²) < 4.78 is 5.55. The quantitative estimate of drug-likeness (QED) is 0.740. The van der Waals surface area contributed by atoms with Gasteiger partial charge < -0.3 is 9.64 Å². The molecule has 104 valence electrons. The molecule has 1 rings (SSSR count). The van der Waals surface area contributed by atoms with E-state index in [4.69, 9.17) is 4.74 Å². The lowest BCUT2D eigenvalue weighted by Crippen LogP contribution is -2.27. The van der Waals surface area contributed by atoms with Crippen LogP contribution in [0, 0.1) is 0 Å². The van der Waals surface area contributed by atoms with Crippen LogP contribution in [0.3, 0.4) is 0 Å². The van der Waals surface area contributed by atoms with Gasteiger partial charge in [0.2, 0.25) is 5.91 Å². The largest absolute Gasteiger partial charge is 0.491 e. The van der Waals surface area contributed by atoms with E-state index in [0.717, 1.165) is 11.3 Å². The molecule has 19 heavy (non-hydrogen) atoms. The molecule has 0 spiro atoms. The van der Waals surface area contributed by atoms with Crippen molar-refractivity contribution in [2.45, 2.75) is 39.8 Å². The Balaban J connectivity index is 2.57. The van der Waals surface area contributed by atoms with E-state index in [1.165, 1.54) is 6.92 Å². The predicted octanol–water partition coefficient (Wildman–Crippen LogP) is 2.41. The van der Waals surface area contributed by atoms with Gasteiger partial charge in [-0.15, -0.1) is 0 Å². The smallest absolute Gasteiger partial charge is 0.230 e. The maximum atomic E-state index is 11.7. The van der Waals surface area contributed by atoms with E-state index in [9.17, 15) is 9.59 Å². The van der Waals surface area contributed by atoms with E-state index in [0.29, 0.717) is 6.54 Å². The van der Waals surface area contributed by atoms with E-state index in [2.05, 4.69) is 0 Å². The first-order valence-electron chi connectivity index (χ1n) is 6.37. The summed E-state index contributed by atoms with van der Waals surface area (Å²) in [6, 6.07) is 7.63. The van der Waals surface area contributed by atoms with E-state index in [-0.39, 0.29) is 24.2 Å². The fourth-order valence-electron chi connectivity index (χ4n) is 1.66. The lowest BCUT2D eigenvalue weighted by molar-refractivity contribution is -0.134. The van der Waals surface area contributed by atoms with E-state index >= 15 is 0 Å². The van der Waals surface area contributed by atoms with Gasteiger partial charge in [0.1, 0.15) is 11.5 Å². The zero-order valence-electron chi connectivity index (χ0n) is 12.0. The maximum Gasteiger partial charge on any atom is 0.230 e. The molecule has 4 nitrogen and oxygen atoms in total. The highest BCUT2D eigenvalue weighted by Gasteiger charge is 2.11. The van der Waals surface area contributed by atoms with Gasteiger partial charge in [0.15, 0.2) is 0 Å². The lowest BCUT2D eigenvalue weighted by Gasteiger charge is -2.17. The molecule has 0 saturated heterocycles. The highest BCUT2D eigenvalue weighted by molar-refractivity contribution is 5.96. The third kappa shape index (κ3) is 5.55. The fourth-order valence-corrected chi connectivity index (χ4v) is 1.66. The summed E-state index contributed by atoms with van der Waals surface area (Å²) in [7, 11) is 1.70. The van der Waals surface area contributed by atoms with Gasteiger partial charge >= 0.3 is 0 Å². The topological polar surface area (TPSA) is 46.6 Å². The molecule has 1 aromatic carbocycles. The Morgan fingerprint density at radius 2 is 1.79 bits per heavy atom. The third-order valence-electron chi connectivity index (χ3n) is 2.54. The number of carbonyl (C=O) groups is 2. The monoisotopic (exact) mass is 263 g/mol. The molecule has 0 heterocycles. The Kier molecular flexibility index (Phi) is 5.55. The Hall–Kier alpha value is -1.84. The minimum atomic E-state index is -0.157. The Morgan fingerprint density at radius 1 is 1.21 bits per heavy atom. The minimum absolute atomic E-state index is 0.0367. The van der Waals surface area contributed by atoms with Crippen molar-refractivity contribution in [2.75, 3.05) is 7.05 Å². The molecule has 0 fully saturated rings. The number of Topliss-reactive ketones (excluding diaryl/α,β-unsaturated/α-hetero) is 1. The summed E-state index contributed by atoms with van der Waals surface area (Å²) in [5.74, 6) is 0.545. The summed E-state index contributed by atoms with van der Waals surface area (Å²) in [6.07, 6.45) is 0.107. The van der Waals surface area contributed by atoms with Crippen molar-refractivity contribution in [3.8, 4) is 5.75 Å². The summed E-state index contributed by atoms with van der Waals surface area (Å²) in [4.78, 5) is 24.1. The van der Waals surface area contributed by atoms with Gasteiger partial charge in [-0.2, -0.15) is 0 Å².